The van der Waals surface area contributed by atoms with Crippen LogP contribution in [0, 0.1) is 5.82 Å². The maximum atomic E-state index is 14.7. The Kier molecular flexibility index (Phi) is 6.27. The van der Waals surface area contributed by atoms with Gasteiger partial charge in [0.05, 0.1) is 35.7 Å². The van der Waals surface area contributed by atoms with Crippen LogP contribution in [0.2, 0.25) is 0 Å². The first-order valence-corrected chi connectivity index (χ1v) is 11.3. The number of nitrogens with zero attached hydrogens (tertiary/aromatic N) is 3. The van der Waals surface area contributed by atoms with Gasteiger partial charge in [-0.15, -0.1) is 0 Å². The molecule has 0 aliphatic heterocycles. The number of nitrogens with one attached hydrogen (secondary N) is 2. The Morgan fingerprint density at radius 3 is 2.75 bits per heavy atom. The molecule has 0 unspecified atom stereocenters. The highest BCUT2D eigenvalue weighted by Gasteiger charge is 2.15. The van der Waals surface area contributed by atoms with Crippen LogP contribution in [0.1, 0.15) is 15.9 Å². The number of carbonyl (C=O) groups excluding carboxylic acids is 1. The molecule has 5 aromatic rings. The number of anilines is 1. The first kappa shape index (κ1) is 23.0. The molecule has 2 N–H and O–H groups in total. The van der Waals surface area contributed by atoms with Crippen LogP contribution in [0.15, 0.2) is 84.0 Å². The van der Waals surface area contributed by atoms with E-state index in [0.717, 1.165) is 17.4 Å². The minimum Gasteiger partial charge on any atom is -0.496 e. The van der Waals surface area contributed by atoms with E-state index >= 15 is 0 Å². The quantitative estimate of drug-likeness (QED) is 0.357. The lowest BCUT2D eigenvalue weighted by atomic mass is 10.1. The molecule has 8 nitrogen and oxygen atoms in total. The molecule has 0 radical (unpaired) electrons. The van der Waals surface area contributed by atoms with Gasteiger partial charge in [0.25, 0.3) is 11.5 Å². The summed E-state index contributed by atoms with van der Waals surface area (Å²) < 4.78 is 21.6. The molecule has 36 heavy (non-hydrogen) atoms. The Morgan fingerprint density at radius 2 is 1.97 bits per heavy atom. The van der Waals surface area contributed by atoms with Crippen molar-refractivity contribution in [3.8, 4) is 17.0 Å². The molecule has 0 aliphatic rings. The van der Waals surface area contributed by atoms with E-state index in [9.17, 15) is 14.0 Å². The van der Waals surface area contributed by atoms with Gasteiger partial charge in [-0.2, -0.15) is 5.10 Å². The van der Waals surface area contributed by atoms with Crippen molar-refractivity contribution in [3.05, 3.63) is 107 Å². The predicted octanol–water partition coefficient (Wildman–Crippen LogP) is 4.43. The second kappa shape index (κ2) is 9.83. The van der Waals surface area contributed by atoms with Gasteiger partial charge in [0.2, 0.25) is 0 Å². The Morgan fingerprint density at radius 1 is 1.11 bits per heavy atom. The van der Waals surface area contributed by atoms with Gasteiger partial charge in [-0.1, -0.05) is 24.3 Å². The molecule has 0 bridgehead atoms. The zero-order chi connectivity index (χ0) is 25.1. The molecule has 2 aromatic heterocycles. The number of aryl methyl sites for hydroxylation is 2. The van der Waals surface area contributed by atoms with Gasteiger partial charge in [-0.05, 0) is 54.4 Å². The second-order valence-corrected chi connectivity index (χ2v) is 8.12. The maximum Gasteiger partial charge on any atom is 0.263 e. The summed E-state index contributed by atoms with van der Waals surface area (Å²) in [6.07, 6.45) is 3.58. The van der Waals surface area contributed by atoms with E-state index in [1.54, 1.807) is 31.4 Å². The highest BCUT2D eigenvalue weighted by atomic mass is 19.1. The number of hydrogen-bond acceptors (Lipinski definition) is 5. The molecule has 0 saturated carbocycles. The highest BCUT2D eigenvalue weighted by molar-refractivity contribution is 6.08. The van der Waals surface area contributed by atoms with E-state index in [1.807, 2.05) is 24.3 Å². The molecule has 180 valence electrons. The summed E-state index contributed by atoms with van der Waals surface area (Å²) in [5, 5.41) is 9.55. The second-order valence-electron chi connectivity index (χ2n) is 8.12. The number of halogens is 1. The Bertz CT molecular complexity index is 1610. The Hall–Kier alpha value is -4.79. The van der Waals surface area contributed by atoms with Crippen molar-refractivity contribution in [3.63, 3.8) is 0 Å². The van der Waals surface area contributed by atoms with Gasteiger partial charge in [0.15, 0.2) is 0 Å². The van der Waals surface area contributed by atoms with Crippen molar-refractivity contribution in [2.45, 2.75) is 13.0 Å². The fraction of sp³-hybridized carbons (Fsp3) is 0.111. The standard InChI is InChI=1S/C27H22FN5O3/c1-36-24-8-3-2-5-17(24)12-14-33-16-29-22-6-4-7-23(25(22)27(33)35)31-26(34)18-9-10-19(20(28)15-18)21-11-13-30-32-21/h2-11,13,15-16H,12,14H2,1H3,(H,30,32)(H,31,34). The van der Waals surface area contributed by atoms with Crippen LogP contribution in [-0.2, 0) is 13.0 Å². The average Bonchev–Trinajstić information content (AvgIpc) is 3.43. The lowest BCUT2D eigenvalue weighted by Crippen LogP contribution is -2.23. The molecule has 5 rings (SSSR count). The number of amides is 1. The third-order valence-corrected chi connectivity index (χ3v) is 5.94. The lowest BCUT2D eigenvalue weighted by molar-refractivity contribution is 0.102. The summed E-state index contributed by atoms with van der Waals surface area (Å²) >= 11 is 0. The number of H-pyrrole nitrogens is 1. The summed E-state index contributed by atoms with van der Waals surface area (Å²) in [7, 11) is 1.61. The number of carbonyl (C=O) groups is 1. The number of para-hydroxylation sites is 1. The SMILES string of the molecule is COc1ccccc1CCn1cnc2cccc(NC(=O)c3ccc(-c4ccn[nH]4)c(F)c3)c2c1=O. The summed E-state index contributed by atoms with van der Waals surface area (Å²) in [6, 6.07) is 18.5. The molecular formula is C27H22FN5O3. The monoisotopic (exact) mass is 483 g/mol. The normalized spacial score (nSPS) is 10.9. The highest BCUT2D eigenvalue weighted by Crippen LogP contribution is 2.24. The molecule has 0 fully saturated rings. The van der Waals surface area contributed by atoms with Crippen LogP contribution < -0.4 is 15.6 Å². The van der Waals surface area contributed by atoms with Crippen molar-refractivity contribution < 1.29 is 13.9 Å². The molecule has 0 spiro atoms. The number of benzene rings is 3. The topological polar surface area (TPSA) is 102 Å². The Labute approximate surface area is 205 Å². The van der Waals surface area contributed by atoms with E-state index < -0.39 is 11.7 Å². The van der Waals surface area contributed by atoms with E-state index in [-0.39, 0.29) is 16.5 Å². The molecular weight excluding hydrogens is 461 g/mol. The maximum absolute atomic E-state index is 14.7. The van der Waals surface area contributed by atoms with Crippen LogP contribution in [-0.4, -0.2) is 32.8 Å². The van der Waals surface area contributed by atoms with Gasteiger partial charge in [0, 0.05) is 23.9 Å². The molecule has 2 heterocycles. The van der Waals surface area contributed by atoms with Crippen LogP contribution in [0.5, 0.6) is 5.75 Å². The van der Waals surface area contributed by atoms with Crippen LogP contribution >= 0.6 is 0 Å². The van der Waals surface area contributed by atoms with Gasteiger partial charge in [-0.25, -0.2) is 9.37 Å². The van der Waals surface area contributed by atoms with Gasteiger partial charge in [-0.3, -0.25) is 19.3 Å². The Balaban J connectivity index is 1.42. The van der Waals surface area contributed by atoms with Gasteiger partial charge >= 0.3 is 0 Å². The number of hydrogen-bond donors (Lipinski definition) is 2. The fourth-order valence-corrected chi connectivity index (χ4v) is 4.09. The van der Waals surface area contributed by atoms with Gasteiger partial charge < -0.3 is 10.1 Å². The van der Waals surface area contributed by atoms with E-state index in [0.29, 0.717) is 35.4 Å². The number of aromatic nitrogens is 4. The molecule has 0 aliphatic carbocycles. The zero-order valence-electron chi connectivity index (χ0n) is 19.4. The molecule has 3 aromatic carbocycles. The van der Waals surface area contributed by atoms with E-state index in [4.69, 9.17) is 4.74 Å². The third-order valence-electron chi connectivity index (χ3n) is 5.94. The first-order chi connectivity index (χ1) is 17.5. The smallest absolute Gasteiger partial charge is 0.263 e. The van der Waals surface area contributed by atoms with Crippen molar-refractivity contribution in [2.75, 3.05) is 12.4 Å². The zero-order valence-corrected chi connectivity index (χ0v) is 19.4. The predicted molar refractivity (Wildman–Crippen MR) is 135 cm³/mol. The van der Waals surface area contributed by atoms with Crippen LogP contribution in [0.4, 0.5) is 10.1 Å². The summed E-state index contributed by atoms with van der Waals surface area (Å²) in [6.45, 7) is 0.380. The lowest BCUT2D eigenvalue weighted by Gasteiger charge is -2.12. The van der Waals surface area contributed by atoms with E-state index in [2.05, 4.69) is 20.5 Å². The minimum atomic E-state index is -0.565. The van der Waals surface area contributed by atoms with E-state index in [1.165, 1.54) is 29.2 Å². The van der Waals surface area contributed by atoms with Crippen molar-refractivity contribution >= 4 is 22.5 Å². The summed E-state index contributed by atoms with van der Waals surface area (Å²) in [5.74, 6) is -0.357. The molecule has 9 heteroatoms. The number of aromatic amines is 1. The number of methoxy groups -OCH3 is 1. The van der Waals surface area contributed by atoms with Crippen molar-refractivity contribution in [1.82, 2.24) is 19.7 Å². The number of ether oxygens (including phenoxy) is 1. The first-order valence-electron chi connectivity index (χ1n) is 11.3. The minimum absolute atomic E-state index is 0.119. The molecule has 0 saturated heterocycles. The van der Waals surface area contributed by atoms with Crippen LogP contribution in [0.3, 0.4) is 0 Å². The van der Waals surface area contributed by atoms with Gasteiger partial charge in [0.1, 0.15) is 11.6 Å². The number of fused-ring (bicyclic) bond motifs is 1. The average molecular weight is 484 g/mol. The van der Waals surface area contributed by atoms with Crippen LogP contribution in [0.25, 0.3) is 22.2 Å². The van der Waals surface area contributed by atoms with Crippen molar-refractivity contribution in [1.29, 1.82) is 0 Å². The van der Waals surface area contributed by atoms with Crippen molar-refractivity contribution in [2.24, 2.45) is 0 Å². The summed E-state index contributed by atoms with van der Waals surface area (Å²) in [5.41, 5.74) is 2.37. The largest absolute Gasteiger partial charge is 0.496 e. The third kappa shape index (κ3) is 4.46. The molecule has 0 atom stereocenters. The molecule has 1 amide bonds. The fourth-order valence-electron chi connectivity index (χ4n) is 4.09. The summed E-state index contributed by atoms with van der Waals surface area (Å²) in [4.78, 5) is 30.7. The number of rotatable bonds is 7.